The van der Waals surface area contributed by atoms with Gasteiger partial charge >= 0.3 is 0 Å². The molecule has 0 amide bonds. The van der Waals surface area contributed by atoms with Gasteiger partial charge in [0.2, 0.25) is 0 Å². The first kappa shape index (κ1) is 39.0. The van der Waals surface area contributed by atoms with Crippen molar-refractivity contribution in [2.45, 2.75) is 105 Å². The average Bonchev–Trinajstić information content (AvgIpc) is 3.18. The van der Waals surface area contributed by atoms with Crippen molar-refractivity contribution in [1.29, 1.82) is 0 Å². The van der Waals surface area contributed by atoms with Gasteiger partial charge in [-0.15, -0.1) is 0 Å². The lowest BCUT2D eigenvalue weighted by Crippen LogP contribution is -2.61. The van der Waals surface area contributed by atoms with Crippen LogP contribution in [0.25, 0.3) is 21.9 Å². The third-order valence-corrected chi connectivity index (χ3v) is 12.9. The van der Waals surface area contributed by atoms with Crippen LogP contribution in [0.3, 0.4) is 0 Å². The molecule has 0 radical (unpaired) electrons. The van der Waals surface area contributed by atoms with Crippen LogP contribution < -0.4 is 26.2 Å². The lowest BCUT2D eigenvalue weighted by Gasteiger charge is -2.45. The molecule has 3 heteroatoms. The number of fused-ring (bicyclic) bond motifs is 5. The maximum atomic E-state index is 2.56. The number of benzene rings is 7. The Morgan fingerprint density at radius 1 is 0.339 bits per heavy atom. The number of nitrogens with zero attached hydrogens (tertiary/aromatic N) is 2. The zero-order valence-electron chi connectivity index (χ0n) is 37.3. The smallest absolute Gasteiger partial charge is 0.252 e. The van der Waals surface area contributed by atoms with Crippen LogP contribution in [0.1, 0.15) is 105 Å². The average molecular weight is 771 g/mol. The van der Waals surface area contributed by atoms with Crippen molar-refractivity contribution < 1.29 is 0 Å². The normalized spacial score (nSPS) is 14.0. The second-order valence-electron chi connectivity index (χ2n) is 21.2. The molecule has 2 aliphatic heterocycles. The molecule has 7 aromatic rings. The molecule has 0 fully saturated rings. The molecular weight excluding hydrogens is 711 g/mol. The monoisotopic (exact) mass is 770 g/mol. The number of anilines is 6. The quantitative estimate of drug-likeness (QED) is 0.165. The molecule has 2 aliphatic rings. The van der Waals surface area contributed by atoms with E-state index in [1.54, 1.807) is 0 Å². The van der Waals surface area contributed by atoms with Crippen molar-refractivity contribution in [3.63, 3.8) is 0 Å². The van der Waals surface area contributed by atoms with E-state index in [1.807, 2.05) is 0 Å². The molecule has 0 unspecified atom stereocenters. The first-order chi connectivity index (χ1) is 27.8. The minimum Gasteiger partial charge on any atom is -0.311 e. The van der Waals surface area contributed by atoms with E-state index in [-0.39, 0.29) is 28.4 Å². The van der Waals surface area contributed by atoms with E-state index in [2.05, 4.69) is 232 Å². The Balaban J connectivity index is 1.40. The topological polar surface area (TPSA) is 6.48 Å². The van der Waals surface area contributed by atoms with Gasteiger partial charge in [-0.05, 0) is 137 Å². The Hall–Kier alpha value is -5.54. The molecule has 0 atom stereocenters. The molecule has 7 aromatic carbocycles. The van der Waals surface area contributed by atoms with Crippen LogP contribution in [0.4, 0.5) is 34.1 Å². The molecule has 0 saturated carbocycles. The molecule has 0 saturated heterocycles. The SMILES string of the molecule is CC(C)(C)c1ccc(N2c3ccc(C(C)(C)C)cc3B3c4cc(C(C)(C)C)ccc4N(c4ccc(C(C)(C)C)cc4)c4cc(-c5ccc6ccccc6c5)cc2c43)cc1. The van der Waals surface area contributed by atoms with Crippen LogP contribution in [0, 0.1) is 0 Å². The van der Waals surface area contributed by atoms with Gasteiger partial charge in [0, 0.05) is 34.1 Å². The molecule has 296 valence electrons. The van der Waals surface area contributed by atoms with Crippen LogP contribution in [0.15, 0.2) is 140 Å². The summed E-state index contributed by atoms with van der Waals surface area (Å²) in [5.74, 6) is 0. The summed E-state index contributed by atoms with van der Waals surface area (Å²) < 4.78 is 0. The number of hydrogen-bond donors (Lipinski definition) is 0. The summed E-state index contributed by atoms with van der Waals surface area (Å²) >= 11 is 0. The summed E-state index contributed by atoms with van der Waals surface area (Å²) in [6.45, 7) is 27.9. The van der Waals surface area contributed by atoms with Gasteiger partial charge < -0.3 is 9.80 Å². The Morgan fingerprint density at radius 2 is 0.746 bits per heavy atom. The van der Waals surface area contributed by atoms with E-state index in [9.17, 15) is 0 Å². The molecule has 0 aliphatic carbocycles. The Labute approximate surface area is 354 Å². The van der Waals surface area contributed by atoms with Crippen LogP contribution in [-0.4, -0.2) is 6.71 Å². The fourth-order valence-corrected chi connectivity index (χ4v) is 9.25. The van der Waals surface area contributed by atoms with Crippen molar-refractivity contribution in [2.24, 2.45) is 0 Å². The Bertz CT molecular complexity index is 2600. The van der Waals surface area contributed by atoms with Gasteiger partial charge in [0.1, 0.15) is 0 Å². The van der Waals surface area contributed by atoms with Crippen LogP contribution >= 0.6 is 0 Å². The first-order valence-electron chi connectivity index (χ1n) is 21.5. The van der Waals surface area contributed by atoms with Crippen molar-refractivity contribution in [3.8, 4) is 11.1 Å². The zero-order chi connectivity index (χ0) is 41.8. The highest BCUT2D eigenvalue weighted by Crippen LogP contribution is 2.47. The highest BCUT2D eigenvalue weighted by Gasteiger charge is 2.44. The maximum absolute atomic E-state index is 2.56. The predicted octanol–water partition coefficient (Wildman–Crippen LogP) is 13.8. The van der Waals surface area contributed by atoms with Crippen molar-refractivity contribution in [2.75, 3.05) is 9.80 Å². The second-order valence-corrected chi connectivity index (χ2v) is 21.2. The van der Waals surface area contributed by atoms with Crippen molar-refractivity contribution >= 4 is 68.0 Å². The number of hydrogen-bond acceptors (Lipinski definition) is 2. The Morgan fingerprint density at radius 3 is 1.17 bits per heavy atom. The molecule has 59 heavy (non-hydrogen) atoms. The number of rotatable bonds is 3. The highest BCUT2D eigenvalue weighted by atomic mass is 15.2. The molecule has 0 bridgehead atoms. The van der Waals surface area contributed by atoms with E-state index in [4.69, 9.17) is 0 Å². The minimum absolute atomic E-state index is 0.0111. The molecule has 0 spiro atoms. The Kier molecular flexibility index (Phi) is 8.91. The van der Waals surface area contributed by atoms with E-state index >= 15 is 0 Å². The molecule has 0 N–H and O–H groups in total. The van der Waals surface area contributed by atoms with Crippen LogP contribution in [0.2, 0.25) is 0 Å². The third kappa shape index (κ3) is 6.77. The lowest BCUT2D eigenvalue weighted by molar-refractivity contribution is 0.590. The summed E-state index contributed by atoms with van der Waals surface area (Å²) in [7, 11) is 0. The summed E-state index contributed by atoms with van der Waals surface area (Å²) in [5.41, 5.74) is 19.3. The van der Waals surface area contributed by atoms with Gasteiger partial charge in [0.25, 0.3) is 6.71 Å². The van der Waals surface area contributed by atoms with Gasteiger partial charge in [0.05, 0.1) is 0 Å². The van der Waals surface area contributed by atoms with Crippen LogP contribution in [-0.2, 0) is 21.7 Å². The van der Waals surface area contributed by atoms with E-state index < -0.39 is 0 Å². The summed E-state index contributed by atoms with van der Waals surface area (Å²) in [6.07, 6.45) is 0. The van der Waals surface area contributed by atoms with Crippen molar-refractivity contribution in [3.05, 3.63) is 162 Å². The second kappa shape index (κ2) is 13.5. The fraction of sp³-hybridized carbons (Fsp3) is 0.286. The molecule has 2 nitrogen and oxygen atoms in total. The largest absolute Gasteiger partial charge is 0.311 e. The molecule has 0 aromatic heterocycles. The zero-order valence-corrected chi connectivity index (χ0v) is 37.3. The standard InChI is InChI=1S/C56H59BN2/c1-53(2,3)40-19-25-44(26-20-40)58-48-29-23-42(55(7,8)9)34-46(48)57-47-35-43(56(10,11)12)24-30-49(47)59(45-27-21-41(22-28-45)54(4,5)6)51-33-39(32-50(58)52(51)57)38-18-17-36-15-13-14-16-37(36)31-38/h13-35H,1-12H3. The van der Waals surface area contributed by atoms with Gasteiger partial charge in [-0.1, -0.05) is 168 Å². The summed E-state index contributed by atoms with van der Waals surface area (Å²) in [6, 6.07) is 53.9. The molecular formula is C56H59BN2. The summed E-state index contributed by atoms with van der Waals surface area (Å²) in [4.78, 5) is 5.13. The minimum atomic E-state index is -0.0111. The van der Waals surface area contributed by atoms with Crippen LogP contribution in [0.5, 0.6) is 0 Å². The predicted molar refractivity (Wildman–Crippen MR) is 258 cm³/mol. The van der Waals surface area contributed by atoms with E-state index in [0.717, 1.165) is 0 Å². The molecule has 2 heterocycles. The van der Waals surface area contributed by atoms with Gasteiger partial charge in [-0.3, -0.25) is 0 Å². The summed E-state index contributed by atoms with van der Waals surface area (Å²) in [5, 5.41) is 2.50. The fourth-order valence-electron chi connectivity index (χ4n) is 9.25. The van der Waals surface area contributed by atoms with Gasteiger partial charge in [-0.2, -0.15) is 0 Å². The molecule has 9 rings (SSSR count). The van der Waals surface area contributed by atoms with E-state index in [0.29, 0.717) is 0 Å². The third-order valence-electron chi connectivity index (χ3n) is 12.9. The first-order valence-corrected chi connectivity index (χ1v) is 21.5. The lowest BCUT2D eigenvalue weighted by atomic mass is 9.33. The maximum Gasteiger partial charge on any atom is 0.252 e. The highest BCUT2D eigenvalue weighted by molar-refractivity contribution is 7.00. The van der Waals surface area contributed by atoms with Gasteiger partial charge in [0.15, 0.2) is 0 Å². The van der Waals surface area contributed by atoms with Gasteiger partial charge in [-0.25, -0.2) is 0 Å². The van der Waals surface area contributed by atoms with E-state index in [1.165, 1.54) is 94.7 Å². The van der Waals surface area contributed by atoms with Crippen molar-refractivity contribution in [1.82, 2.24) is 0 Å².